The van der Waals surface area contributed by atoms with Crippen LogP contribution in [0.2, 0.25) is 0 Å². The topological polar surface area (TPSA) is 84.5 Å². The number of hydrogen-bond acceptors (Lipinski definition) is 4. The Balaban J connectivity index is 4.52. The summed E-state index contributed by atoms with van der Waals surface area (Å²) in [5.74, 6) is -0.935. The molecule has 6 nitrogen and oxygen atoms in total. The summed E-state index contributed by atoms with van der Waals surface area (Å²) in [6.07, 6.45) is 0.491. The summed E-state index contributed by atoms with van der Waals surface area (Å²) in [4.78, 5) is 34.1. The van der Waals surface area contributed by atoms with E-state index >= 15 is 0 Å². The summed E-state index contributed by atoms with van der Waals surface area (Å²) < 4.78 is 4.63. The number of methoxy groups -OCH3 is 1. The van der Waals surface area contributed by atoms with Gasteiger partial charge in [0.05, 0.1) is 7.11 Å². The van der Waals surface area contributed by atoms with Crippen LogP contribution in [0, 0.1) is 5.92 Å². The van der Waals surface area contributed by atoms with Crippen LogP contribution in [0.3, 0.4) is 0 Å². The SMILES string of the molecule is COC(=O)C(CC(C)C)NC(=O)C(C)NC(C)=O. The molecule has 0 fully saturated rings. The lowest BCUT2D eigenvalue weighted by atomic mass is 10.0. The molecule has 0 aliphatic heterocycles. The number of rotatable bonds is 6. The maximum atomic E-state index is 11.8. The molecule has 2 atom stereocenters. The summed E-state index contributed by atoms with van der Waals surface area (Å²) in [5, 5.41) is 5.03. The fourth-order valence-electron chi connectivity index (χ4n) is 1.49. The van der Waals surface area contributed by atoms with Crippen molar-refractivity contribution in [2.24, 2.45) is 5.92 Å². The van der Waals surface area contributed by atoms with Crippen molar-refractivity contribution < 1.29 is 19.1 Å². The summed E-state index contributed by atoms with van der Waals surface area (Å²) in [6.45, 7) is 6.77. The smallest absolute Gasteiger partial charge is 0.328 e. The third-order valence-corrected chi connectivity index (χ3v) is 2.32. The first-order valence-corrected chi connectivity index (χ1v) is 5.93. The molecule has 6 heteroatoms. The molecule has 0 aliphatic carbocycles. The van der Waals surface area contributed by atoms with Crippen LogP contribution in [-0.2, 0) is 19.1 Å². The van der Waals surface area contributed by atoms with Crippen LogP contribution in [-0.4, -0.2) is 37.0 Å². The van der Waals surface area contributed by atoms with Gasteiger partial charge in [0, 0.05) is 6.92 Å². The average Bonchev–Trinajstić information content (AvgIpc) is 2.25. The van der Waals surface area contributed by atoms with Gasteiger partial charge in [-0.05, 0) is 19.3 Å². The van der Waals surface area contributed by atoms with Crippen LogP contribution in [0.15, 0.2) is 0 Å². The Labute approximate surface area is 107 Å². The van der Waals surface area contributed by atoms with E-state index in [9.17, 15) is 14.4 Å². The van der Waals surface area contributed by atoms with Gasteiger partial charge in [0.2, 0.25) is 11.8 Å². The van der Waals surface area contributed by atoms with Crippen molar-refractivity contribution in [1.29, 1.82) is 0 Å². The highest BCUT2D eigenvalue weighted by atomic mass is 16.5. The van der Waals surface area contributed by atoms with Gasteiger partial charge in [-0.1, -0.05) is 13.8 Å². The molecule has 18 heavy (non-hydrogen) atoms. The summed E-state index contributed by atoms with van der Waals surface area (Å²) in [5.41, 5.74) is 0. The molecule has 0 saturated carbocycles. The Bertz CT molecular complexity index is 315. The lowest BCUT2D eigenvalue weighted by molar-refractivity contribution is -0.145. The van der Waals surface area contributed by atoms with Crippen LogP contribution >= 0.6 is 0 Å². The van der Waals surface area contributed by atoms with E-state index in [1.165, 1.54) is 14.0 Å². The van der Waals surface area contributed by atoms with Crippen molar-refractivity contribution in [1.82, 2.24) is 10.6 Å². The summed E-state index contributed by atoms with van der Waals surface area (Å²) in [7, 11) is 1.28. The molecular formula is C12H22N2O4. The maximum absolute atomic E-state index is 11.8. The van der Waals surface area contributed by atoms with E-state index in [0.29, 0.717) is 6.42 Å². The zero-order chi connectivity index (χ0) is 14.3. The molecule has 0 radical (unpaired) electrons. The van der Waals surface area contributed by atoms with Crippen LogP contribution in [0.1, 0.15) is 34.1 Å². The molecule has 0 spiro atoms. The summed E-state index contributed by atoms with van der Waals surface area (Å²) in [6, 6.07) is -1.36. The van der Waals surface area contributed by atoms with Gasteiger partial charge < -0.3 is 15.4 Å². The van der Waals surface area contributed by atoms with Gasteiger partial charge in [0.1, 0.15) is 12.1 Å². The fourth-order valence-corrected chi connectivity index (χ4v) is 1.49. The van der Waals surface area contributed by atoms with Crippen LogP contribution in [0.4, 0.5) is 0 Å². The number of carbonyl (C=O) groups excluding carboxylic acids is 3. The normalized spacial score (nSPS) is 13.7. The molecule has 0 bridgehead atoms. The molecule has 2 unspecified atom stereocenters. The highest BCUT2D eigenvalue weighted by molar-refractivity contribution is 5.89. The Kier molecular flexibility index (Phi) is 7.00. The van der Waals surface area contributed by atoms with Crippen molar-refractivity contribution >= 4 is 17.8 Å². The van der Waals surface area contributed by atoms with Gasteiger partial charge in [-0.3, -0.25) is 9.59 Å². The van der Waals surface area contributed by atoms with E-state index in [-0.39, 0.29) is 11.8 Å². The average molecular weight is 258 g/mol. The van der Waals surface area contributed by atoms with Crippen molar-refractivity contribution in [3.63, 3.8) is 0 Å². The second-order valence-electron chi connectivity index (χ2n) is 4.64. The van der Waals surface area contributed by atoms with E-state index in [4.69, 9.17) is 0 Å². The third-order valence-electron chi connectivity index (χ3n) is 2.32. The third kappa shape index (κ3) is 6.22. The predicted octanol–water partition coefficient (Wildman–Crippen LogP) is 0.215. The Morgan fingerprint density at radius 3 is 2.06 bits per heavy atom. The van der Waals surface area contributed by atoms with Gasteiger partial charge in [0.15, 0.2) is 0 Å². The Morgan fingerprint density at radius 1 is 1.11 bits per heavy atom. The minimum absolute atomic E-state index is 0.241. The molecule has 2 N–H and O–H groups in total. The van der Waals surface area contributed by atoms with Gasteiger partial charge >= 0.3 is 5.97 Å². The van der Waals surface area contributed by atoms with Crippen LogP contribution < -0.4 is 10.6 Å². The minimum atomic E-state index is -0.682. The van der Waals surface area contributed by atoms with Crippen LogP contribution in [0.5, 0.6) is 0 Å². The number of nitrogens with one attached hydrogen (secondary N) is 2. The van der Waals surface area contributed by atoms with Crippen molar-refractivity contribution in [2.45, 2.75) is 46.2 Å². The number of esters is 1. The monoisotopic (exact) mass is 258 g/mol. The standard InChI is InChI=1S/C12H22N2O4/c1-7(2)6-10(12(17)18-5)14-11(16)8(3)13-9(4)15/h7-8,10H,6H2,1-5H3,(H,13,15)(H,14,16). The second kappa shape index (κ2) is 7.68. The first kappa shape index (κ1) is 16.4. The number of amides is 2. The molecule has 2 amide bonds. The minimum Gasteiger partial charge on any atom is -0.467 e. The molecule has 0 saturated heterocycles. The van der Waals surface area contributed by atoms with Gasteiger partial charge in [0.25, 0.3) is 0 Å². The Morgan fingerprint density at radius 2 is 1.67 bits per heavy atom. The highest BCUT2D eigenvalue weighted by Crippen LogP contribution is 2.06. The first-order valence-electron chi connectivity index (χ1n) is 5.93. The highest BCUT2D eigenvalue weighted by Gasteiger charge is 2.25. The molecule has 0 aromatic heterocycles. The van der Waals surface area contributed by atoms with Gasteiger partial charge in [-0.25, -0.2) is 4.79 Å². The van der Waals surface area contributed by atoms with Gasteiger partial charge in [-0.2, -0.15) is 0 Å². The van der Waals surface area contributed by atoms with E-state index in [0.717, 1.165) is 0 Å². The van der Waals surface area contributed by atoms with E-state index < -0.39 is 24.0 Å². The van der Waals surface area contributed by atoms with Crippen molar-refractivity contribution in [2.75, 3.05) is 7.11 Å². The molecule has 0 heterocycles. The Hall–Kier alpha value is -1.59. The molecule has 0 rings (SSSR count). The largest absolute Gasteiger partial charge is 0.467 e. The number of ether oxygens (including phenoxy) is 1. The second-order valence-corrected chi connectivity index (χ2v) is 4.64. The maximum Gasteiger partial charge on any atom is 0.328 e. The molecule has 0 aromatic rings. The van der Waals surface area contributed by atoms with Crippen molar-refractivity contribution in [3.8, 4) is 0 Å². The van der Waals surface area contributed by atoms with E-state index in [2.05, 4.69) is 15.4 Å². The summed E-state index contributed by atoms with van der Waals surface area (Å²) >= 11 is 0. The molecule has 0 aliphatic rings. The quantitative estimate of drug-likeness (QED) is 0.667. The lowest BCUT2D eigenvalue weighted by Crippen LogP contribution is -2.50. The molecular weight excluding hydrogens is 236 g/mol. The van der Waals surface area contributed by atoms with Gasteiger partial charge in [-0.15, -0.1) is 0 Å². The van der Waals surface area contributed by atoms with Crippen LogP contribution in [0.25, 0.3) is 0 Å². The predicted molar refractivity (Wildman–Crippen MR) is 66.7 cm³/mol. The number of carbonyl (C=O) groups is 3. The van der Waals surface area contributed by atoms with Crippen molar-refractivity contribution in [3.05, 3.63) is 0 Å². The lowest BCUT2D eigenvalue weighted by Gasteiger charge is -2.20. The number of hydrogen-bond donors (Lipinski definition) is 2. The first-order chi connectivity index (χ1) is 8.27. The fraction of sp³-hybridized carbons (Fsp3) is 0.750. The zero-order valence-corrected chi connectivity index (χ0v) is 11.6. The molecule has 104 valence electrons. The van der Waals surface area contributed by atoms with E-state index in [1.807, 2.05) is 13.8 Å². The van der Waals surface area contributed by atoms with E-state index in [1.54, 1.807) is 6.92 Å². The molecule has 0 aromatic carbocycles. The zero-order valence-electron chi connectivity index (χ0n) is 11.6.